The normalized spacial score (nSPS) is 41.7. The van der Waals surface area contributed by atoms with Gasteiger partial charge in [0.15, 0.2) is 0 Å². The maximum atomic E-state index is 6.30. The van der Waals surface area contributed by atoms with E-state index in [1.54, 1.807) is 5.57 Å². The summed E-state index contributed by atoms with van der Waals surface area (Å²) in [5, 5.41) is 3.55. The van der Waals surface area contributed by atoms with Gasteiger partial charge in [-0.25, -0.2) is 0 Å². The van der Waals surface area contributed by atoms with E-state index >= 15 is 0 Å². The summed E-state index contributed by atoms with van der Waals surface area (Å²) in [4.78, 5) is 2.58. The highest BCUT2D eigenvalue weighted by molar-refractivity contribution is 5.27. The van der Waals surface area contributed by atoms with Crippen LogP contribution in [-0.4, -0.2) is 50.3 Å². The first-order valence-electron chi connectivity index (χ1n) is 8.04. The highest BCUT2D eigenvalue weighted by Crippen LogP contribution is 2.54. The van der Waals surface area contributed by atoms with Crippen molar-refractivity contribution >= 4 is 0 Å². The van der Waals surface area contributed by atoms with E-state index in [0.29, 0.717) is 17.6 Å². The van der Waals surface area contributed by atoms with E-state index in [1.807, 2.05) is 0 Å². The zero-order chi connectivity index (χ0) is 12.9. The molecule has 3 heterocycles. The van der Waals surface area contributed by atoms with Gasteiger partial charge in [-0.05, 0) is 70.3 Å². The Labute approximate surface area is 116 Å². The van der Waals surface area contributed by atoms with Crippen molar-refractivity contribution in [2.24, 2.45) is 11.3 Å². The minimum atomic E-state index is 0.436. The van der Waals surface area contributed by atoms with Crippen LogP contribution in [-0.2, 0) is 4.74 Å². The fraction of sp³-hybridized carbons (Fsp3) is 0.875. The number of hydrogen-bond acceptors (Lipinski definition) is 3. The van der Waals surface area contributed by atoms with E-state index in [4.69, 9.17) is 4.74 Å². The molecule has 3 fully saturated rings. The first-order chi connectivity index (χ1) is 9.31. The van der Waals surface area contributed by atoms with Gasteiger partial charge in [0, 0.05) is 18.1 Å². The van der Waals surface area contributed by atoms with Crippen LogP contribution < -0.4 is 5.32 Å². The second kappa shape index (κ2) is 4.57. The lowest BCUT2D eigenvalue weighted by Gasteiger charge is -2.54. The minimum Gasteiger partial charge on any atom is -0.373 e. The van der Waals surface area contributed by atoms with Gasteiger partial charge >= 0.3 is 0 Å². The summed E-state index contributed by atoms with van der Waals surface area (Å²) < 4.78 is 6.30. The predicted molar refractivity (Wildman–Crippen MR) is 76.1 cm³/mol. The van der Waals surface area contributed by atoms with Crippen LogP contribution in [0.25, 0.3) is 0 Å². The number of fused-ring (bicyclic) bond motifs is 4. The number of rotatable bonds is 0. The number of nitrogens with zero attached hydrogens (tertiary/aromatic N) is 1. The van der Waals surface area contributed by atoms with Crippen molar-refractivity contribution in [1.82, 2.24) is 10.2 Å². The van der Waals surface area contributed by atoms with Gasteiger partial charge in [-0.15, -0.1) is 0 Å². The van der Waals surface area contributed by atoms with E-state index < -0.39 is 0 Å². The molecule has 0 aromatic rings. The van der Waals surface area contributed by atoms with E-state index in [-0.39, 0.29) is 0 Å². The molecule has 3 nitrogen and oxygen atoms in total. The van der Waals surface area contributed by atoms with Gasteiger partial charge in [0.05, 0.1) is 6.10 Å². The second-order valence-electron chi connectivity index (χ2n) is 6.95. The molecule has 1 aliphatic carbocycles. The van der Waals surface area contributed by atoms with Crippen molar-refractivity contribution in [2.45, 2.75) is 44.2 Å². The molecule has 3 saturated heterocycles. The summed E-state index contributed by atoms with van der Waals surface area (Å²) in [5.74, 6) is 0.825. The fourth-order valence-corrected chi connectivity index (χ4v) is 5.20. The average molecular weight is 262 g/mol. The number of hydrogen-bond donors (Lipinski definition) is 1. The summed E-state index contributed by atoms with van der Waals surface area (Å²) >= 11 is 0. The summed E-state index contributed by atoms with van der Waals surface area (Å²) in [6.07, 6.45) is 9.50. The minimum absolute atomic E-state index is 0.436. The Morgan fingerprint density at radius 1 is 1.37 bits per heavy atom. The Morgan fingerprint density at radius 2 is 2.21 bits per heavy atom. The van der Waals surface area contributed by atoms with Gasteiger partial charge in [-0.3, -0.25) is 4.90 Å². The van der Waals surface area contributed by atoms with E-state index in [0.717, 1.165) is 12.5 Å². The molecule has 1 spiro atoms. The summed E-state index contributed by atoms with van der Waals surface area (Å²) in [5.41, 5.74) is 2.06. The Morgan fingerprint density at radius 3 is 3.05 bits per heavy atom. The molecule has 0 radical (unpaired) electrons. The number of ether oxygens (including phenoxy) is 1. The lowest BCUT2D eigenvalue weighted by atomic mass is 9.57. The lowest BCUT2D eigenvalue weighted by Crippen LogP contribution is -2.56. The molecule has 19 heavy (non-hydrogen) atoms. The topological polar surface area (TPSA) is 24.5 Å². The third-order valence-corrected chi connectivity index (χ3v) is 6.13. The highest BCUT2D eigenvalue weighted by atomic mass is 16.5. The molecule has 1 N–H and O–H groups in total. The van der Waals surface area contributed by atoms with Gasteiger partial charge in [0.2, 0.25) is 0 Å². The van der Waals surface area contributed by atoms with Crippen LogP contribution in [0.1, 0.15) is 32.1 Å². The second-order valence-corrected chi connectivity index (χ2v) is 6.95. The summed E-state index contributed by atoms with van der Waals surface area (Å²) in [7, 11) is 2.31. The summed E-state index contributed by atoms with van der Waals surface area (Å²) in [6, 6.07) is 0.686. The zero-order valence-electron chi connectivity index (χ0n) is 12.0. The molecule has 3 atom stereocenters. The lowest BCUT2D eigenvalue weighted by molar-refractivity contribution is -0.0918. The van der Waals surface area contributed by atoms with Crippen molar-refractivity contribution in [2.75, 3.05) is 33.3 Å². The molecule has 0 bridgehead atoms. The van der Waals surface area contributed by atoms with Crippen molar-refractivity contribution in [1.29, 1.82) is 0 Å². The molecule has 0 saturated carbocycles. The maximum Gasteiger partial charge on any atom is 0.0846 e. The quantitative estimate of drug-likeness (QED) is 0.674. The monoisotopic (exact) mass is 262 g/mol. The molecular weight excluding hydrogens is 236 g/mol. The molecule has 4 aliphatic rings. The first kappa shape index (κ1) is 12.4. The molecule has 0 amide bonds. The third-order valence-electron chi connectivity index (χ3n) is 6.13. The molecule has 3 heteroatoms. The fourth-order valence-electron chi connectivity index (χ4n) is 5.20. The van der Waals surface area contributed by atoms with Crippen molar-refractivity contribution in [3.63, 3.8) is 0 Å². The van der Waals surface area contributed by atoms with E-state index in [2.05, 4.69) is 23.3 Å². The molecule has 0 aromatic heterocycles. The summed E-state index contributed by atoms with van der Waals surface area (Å²) in [6.45, 7) is 4.60. The van der Waals surface area contributed by atoms with Gasteiger partial charge in [-0.1, -0.05) is 6.08 Å². The van der Waals surface area contributed by atoms with Gasteiger partial charge in [-0.2, -0.15) is 0 Å². The van der Waals surface area contributed by atoms with Crippen molar-refractivity contribution < 1.29 is 4.74 Å². The molecule has 3 aliphatic heterocycles. The Balaban J connectivity index is 1.76. The van der Waals surface area contributed by atoms with E-state index in [1.165, 1.54) is 51.7 Å². The number of likely N-dealkylation sites (tertiary alicyclic amines) is 1. The third kappa shape index (κ3) is 1.75. The van der Waals surface area contributed by atoms with Crippen LogP contribution in [0.2, 0.25) is 0 Å². The van der Waals surface area contributed by atoms with Gasteiger partial charge in [0.1, 0.15) is 0 Å². The number of piperidine rings is 1. The Kier molecular flexibility index (Phi) is 2.98. The van der Waals surface area contributed by atoms with Crippen LogP contribution in [0, 0.1) is 11.3 Å². The molecule has 3 unspecified atom stereocenters. The van der Waals surface area contributed by atoms with Crippen molar-refractivity contribution in [3.05, 3.63) is 11.6 Å². The Hall–Kier alpha value is -0.380. The van der Waals surface area contributed by atoms with E-state index in [9.17, 15) is 0 Å². The molecular formula is C16H26N2O. The van der Waals surface area contributed by atoms with Crippen molar-refractivity contribution in [3.8, 4) is 0 Å². The predicted octanol–water partition coefficient (Wildman–Crippen LogP) is 1.80. The maximum absolute atomic E-state index is 6.30. The van der Waals surface area contributed by atoms with Crippen LogP contribution in [0.15, 0.2) is 11.6 Å². The zero-order valence-corrected chi connectivity index (χ0v) is 12.0. The van der Waals surface area contributed by atoms with Crippen LogP contribution in [0.4, 0.5) is 0 Å². The van der Waals surface area contributed by atoms with Gasteiger partial charge < -0.3 is 10.1 Å². The first-order valence-corrected chi connectivity index (χ1v) is 8.04. The van der Waals surface area contributed by atoms with Crippen LogP contribution in [0.5, 0.6) is 0 Å². The Bertz CT molecular complexity index is 386. The molecule has 0 aromatic carbocycles. The number of likely N-dealkylation sites (N-methyl/N-ethyl adjacent to an activating group) is 1. The number of nitrogens with one attached hydrogen (secondary N) is 1. The highest BCUT2D eigenvalue weighted by Gasteiger charge is 2.55. The SMILES string of the molecule is CN1CCC2C1C=C1CCCOC1C21CCNCC1. The average Bonchev–Trinajstić information content (AvgIpc) is 2.83. The van der Waals surface area contributed by atoms with Crippen LogP contribution >= 0.6 is 0 Å². The standard InChI is InChI=1S/C16H26N2O/c1-18-9-4-13-14(18)11-12-3-2-10-19-15(12)16(13)5-7-17-8-6-16/h11,13-15,17H,2-10H2,1H3. The smallest absolute Gasteiger partial charge is 0.0846 e. The van der Waals surface area contributed by atoms with Crippen LogP contribution in [0.3, 0.4) is 0 Å². The van der Waals surface area contributed by atoms with Gasteiger partial charge in [0.25, 0.3) is 0 Å². The largest absolute Gasteiger partial charge is 0.373 e. The molecule has 106 valence electrons. The molecule has 4 rings (SSSR count).